The zero-order valence-corrected chi connectivity index (χ0v) is 15.6. The van der Waals surface area contributed by atoms with Crippen LogP contribution in [0.1, 0.15) is 51.4 Å². The van der Waals surface area contributed by atoms with E-state index < -0.39 is 8.32 Å². The van der Waals surface area contributed by atoms with Crippen LogP contribution in [0.3, 0.4) is 0 Å². The molecular weight excluding hydrogens is 254 g/mol. The van der Waals surface area contributed by atoms with E-state index in [4.69, 9.17) is 4.53 Å². The molecule has 0 amide bonds. The Morgan fingerprint density at radius 2 is 1.33 bits per heavy atom. The first kappa shape index (κ1) is 18.4. The van der Waals surface area contributed by atoms with Crippen molar-refractivity contribution in [3.05, 3.63) is 0 Å². The minimum Gasteiger partial charge on any atom is -0.346 e. The smallest absolute Gasteiger partial charge is 0.211 e. The van der Waals surface area contributed by atoms with Gasteiger partial charge in [-0.3, -0.25) is 0 Å². The van der Waals surface area contributed by atoms with Crippen molar-refractivity contribution in [2.24, 2.45) is 0 Å². The summed E-state index contributed by atoms with van der Waals surface area (Å²) in [5, 5.41) is 0. The van der Waals surface area contributed by atoms with E-state index in [2.05, 4.69) is 31.7 Å². The van der Waals surface area contributed by atoms with Crippen molar-refractivity contribution in [3.63, 3.8) is 0 Å². The molecule has 0 spiro atoms. The molecule has 0 rings (SSSR count). The Morgan fingerprint density at radius 1 is 0.833 bits per heavy atom. The molecule has 0 saturated heterocycles. The molecule has 0 fully saturated rings. The SMILES string of the molecule is C[SiH2]CCCCCCCCCCNO[Si](C)(C)C. The van der Waals surface area contributed by atoms with Gasteiger partial charge in [-0.15, -0.1) is 0 Å². The lowest BCUT2D eigenvalue weighted by Crippen LogP contribution is -2.34. The van der Waals surface area contributed by atoms with E-state index in [0.29, 0.717) is 9.52 Å². The number of unbranched alkanes of at least 4 members (excludes halogenated alkanes) is 7. The second-order valence-electron chi connectivity index (χ2n) is 6.29. The maximum atomic E-state index is 5.60. The van der Waals surface area contributed by atoms with Gasteiger partial charge in [0.05, 0.1) is 0 Å². The van der Waals surface area contributed by atoms with Crippen molar-refractivity contribution in [1.82, 2.24) is 5.48 Å². The zero-order valence-electron chi connectivity index (χ0n) is 13.2. The lowest BCUT2D eigenvalue weighted by atomic mass is 10.1. The largest absolute Gasteiger partial charge is 0.346 e. The third-order valence-corrected chi connectivity index (χ3v) is 4.97. The number of hydroxylamine groups is 1. The Balaban J connectivity index is 2.99. The third-order valence-electron chi connectivity index (χ3n) is 3.01. The molecule has 0 aromatic rings. The van der Waals surface area contributed by atoms with Gasteiger partial charge in [-0.05, 0) is 26.1 Å². The summed E-state index contributed by atoms with van der Waals surface area (Å²) in [4.78, 5) is 0. The van der Waals surface area contributed by atoms with Crippen LogP contribution in [0.5, 0.6) is 0 Å². The van der Waals surface area contributed by atoms with Gasteiger partial charge in [0.2, 0.25) is 8.32 Å². The van der Waals surface area contributed by atoms with E-state index in [0.717, 1.165) is 6.54 Å². The monoisotopic (exact) mass is 289 g/mol. The highest BCUT2D eigenvalue weighted by molar-refractivity contribution is 6.69. The van der Waals surface area contributed by atoms with Gasteiger partial charge in [0.1, 0.15) is 0 Å². The van der Waals surface area contributed by atoms with Crippen molar-refractivity contribution in [1.29, 1.82) is 0 Å². The summed E-state index contributed by atoms with van der Waals surface area (Å²) in [5.74, 6) is 0. The van der Waals surface area contributed by atoms with E-state index >= 15 is 0 Å². The Bertz CT molecular complexity index is 172. The number of rotatable bonds is 13. The minimum absolute atomic E-state index is 0.332. The molecule has 0 bridgehead atoms. The molecule has 2 nitrogen and oxygen atoms in total. The van der Waals surface area contributed by atoms with Crippen molar-refractivity contribution in [2.75, 3.05) is 6.54 Å². The summed E-state index contributed by atoms with van der Waals surface area (Å²) >= 11 is 0. The molecule has 18 heavy (non-hydrogen) atoms. The van der Waals surface area contributed by atoms with E-state index in [1.807, 2.05) is 0 Å². The summed E-state index contributed by atoms with van der Waals surface area (Å²) < 4.78 is 5.60. The van der Waals surface area contributed by atoms with Crippen molar-refractivity contribution >= 4 is 17.8 Å². The van der Waals surface area contributed by atoms with E-state index in [-0.39, 0.29) is 0 Å². The number of hydrogen-bond acceptors (Lipinski definition) is 2. The highest BCUT2D eigenvalue weighted by atomic mass is 28.4. The van der Waals surface area contributed by atoms with Crippen LogP contribution in [0, 0.1) is 0 Å². The predicted octanol–water partition coefficient (Wildman–Crippen LogP) is 4.10. The summed E-state index contributed by atoms with van der Waals surface area (Å²) in [6.45, 7) is 10.1. The first-order chi connectivity index (χ1) is 8.56. The van der Waals surface area contributed by atoms with Crippen molar-refractivity contribution in [2.45, 2.75) is 83.6 Å². The minimum atomic E-state index is -1.36. The second kappa shape index (κ2) is 12.4. The summed E-state index contributed by atoms with van der Waals surface area (Å²) in [6, 6.07) is 1.56. The summed E-state index contributed by atoms with van der Waals surface area (Å²) in [5.41, 5.74) is 3.12. The van der Waals surface area contributed by atoms with Gasteiger partial charge in [0.25, 0.3) is 0 Å². The molecule has 0 radical (unpaired) electrons. The first-order valence-electron chi connectivity index (χ1n) is 7.97. The van der Waals surface area contributed by atoms with Crippen LogP contribution < -0.4 is 5.48 Å². The van der Waals surface area contributed by atoms with Gasteiger partial charge in [0.15, 0.2) is 0 Å². The molecule has 110 valence electrons. The molecule has 0 saturated carbocycles. The molecule has 0 atom stereocenters. The quantitative estimate of drug-likeness (QED) is 0.313. The van der Waals surface area contributed by atoms with Gasteiger partial charge in [-0.2, -0.15) is 0 Å². The highest BCUT2D eigenvalue weighted by Gasteiger charge is 2.13. The maximum Gasteiger partial charge on any atom is 0.211 e. The molecule has 0 aliphatic carbocycles. The highest BCUT2D eigenvalue weighted by Crippen LogP contribution is 2.09. The Kier molecular flexibility index (Phi) is 12.6. The van der Waals surface area contributed by atoms with E-state index in [1.54, 1.807) is 6.04 Å². The van der Waals surface area contributed by atoms with Gasteiger partial charge in [-0.25, -0.2) is 5.48 Å². The average Bonchev–Trinajstić information content (AvgIpc) is 2.29. The standard InChI is InChI=1S/C14H35NOSi2/c1-17-14-12-10-8-6-5-7-9-11-13-15-16-18(2,3)4/h15H,5-14,17H2,1-4H3. The fourth-order valence-electron chi connectivity index (χ4n) is 1.95. The molecule has 0 aliphatic heterocycles. The van der Waals surface area contributed by atoms with Crippen molar-refractivity contribution < 1.29 is 4.53 Å². The van der Waals surface area contributed by atoms with E-state index in [1.165, 1.54) is 51.4 Å². The average molecular weight is 290 g/mol. The Hall–Kier alpha value is 0.354. The molecule has 0 heterocycles. The van der Waals surface area contributed by atoms with Crippen LogP contribution >= 0.6 is 0 Å². The van der Waals surface area contributed by atoms with Crippen LogP contribution in [0.25, 0.3) is 0 Å². The van der Waals surface area contributed by atoms with Crippen LogP contribution in [-0.4, -0.2) is 24.4 Å². The van der Waals surface area contributed by atoms with Gasteiger partial charge < -0.3 is 4.53 Å². The topological polar surface area (TPSA) is 21.3 Å². The maximum absolute atomic E-state index is 5.60. The van der Waals surface area contributed by atoms with Crippen LogP contribution in [0.15, 0.2) is 0 Å². The lowest BCUT2D eigenvalue weighted by Gasteiger charge is -2.17. The van der Waals surface area contributed by atoms with Crippen LogP contribution in [0.2, 0.25) is 32.2 Å². The van der Waals surface area contributed by atoms with Crippen molar-refractivity contribution in [3.8, 4) is 0 Å². The number of nitrogens with one attached hydrogen (secondary N) is 1. The normalized spacial score (nSPS) is 12.7. The molecule has 1 N–H and O–H groups in total. The number of hydrogen-bond donors (Lipinski definition) is 1. The molecule has 0 aromatic heterocycles. The lowest BCUT2D eigenvalue weighted by molar-refractivity contribution is 0.185. The molecule has 4 heteroatoms. The van der Waals surface area contributed by atoms with Gasteiger partial charge >= 0.3 is 0 Å². The molecule has 0 aromatic carbocycles. The van der Waals surface area contributed by atoms with Gasteiger partial charge in [0, 0.05) is 16.1 Å². The molecule has 0 aliphatic rings. The van der Waals surface area contributed by atoms with Gasteiger partial charge in [-0.1, -0.05) is 57.5 Å². The first-order valence-corrected chi connectivity index (χ1v) is 13.8. The third kappa shape index (κ3) is 16.4. The second-order valence-corrected chi connectivity index (χ2v) is 12.4. The Labute approximate surface area is 118 Å². The molecule has 0 unspecified atom stereocenters. The van der Waals surface area contributed by atoms with E-state index in [9.17, 15) is 0 Å². The van der Waals surface area contributed by atoms with Crippen LogP contribution in [0.4, 0.5) is 0 Å². The Morgan fingerprint density at radius 3 is 1.83 bits per heavy atom. The fourth-order valence-corrected chi connectivity index (χ4v) is 3.34. The molecular formula is C14H35NOSi2. The zero-order chi connectivity index (χ0) is 13.7. The fraction of sp³-hybridized carbons (Fsp3) is 1.00. The predicted molar refractivity (Wildman–Crippen MR) is 88.6 cm³/mol. The van der Waals surface area contributed by atoms with Crippen LogP contribution in [-0.2, 0) is 4.53 Å². The summed E-state index contributed by atoms with van der Waals surface area (Å²) in [6.07, 6.45) is 11.3. The summed E-state index contributed by atoms with van der Waals surface area (Å²) in [7, 11) is -1.03.